The molecule has 1 fully saturated rings. The molecule has 4 rings (SSSR count). The number of aryl methyl sites for hydroxylation is 1. The fourth-order valence-corrected chi connectivity index (χ4v) is 4.94. The average molecular weight is 497 g/mol. The van der Waals surface area contributed by atoms with Crippen LogP contribution in [-0.2, 0) is 18.3 Å². The number of rotatable bonds is 7. The number of ether oxygens (including phenoxy) is 2. The predicted octanol–water partition coefficient (Wildman–Crippen LogP) is 3.25. The van der Waals surface area contributed by atoms with Crippen molar-refractivity contribution in [3.63, 3.8) is 0 Å². The number of carbonyl (C=O) groups excluding carboxylic acids is 1. The Kier molecular flexibility index (Phi) is 7.49. The molecule has 0 amide bonds. The van der Waals surface area contributed by atoms with Gasteiger partial charge in [0.1, 0.15) is 17.1 Å². The summed E-state index contributed by atoms with van der Waals surface area (Å²) in [5.74, 6) is -0.363. The van der Waals surface area contributed by atoms with Gasteiger partial charge in [0, 0.05) is 56.9 Å². The second kappa shape index (κ2) is 10.6. The van der Waals surface area contributed by atoms with Crippen LogP contribution in [0, 0.1) is 5.82 Å². The number of anilines is 2. The number of nitrogens with zero attached hydrogens (tertiary/aromatic N) is 4. The molecule has 192 valence electrons. The van der Waals surface area contributed by atoms with E-state index in [0.717, 1.165) is 17.0 Å². The molecule has 0 atom stereocenters. The van der Waals surface area contributed by atoms with Gasteiger partial charge in [-0.25, -0.2) is 9.18 Å². The highest BCUT2D eigenvalue weighted by Gasteiger charge is 2.27. The van der Waals surface area contributed by atoms with Crippen molar-refractivity contribution >= 4 is 28.2 Å². The maximum absolute atomic E-state index is 15.8. The number of halogens is 1. The van der Waals surface area contributed by atoms with Gasteiger partial charge in [-0.15, -0.1) is 0 Å². The molecule has 9 heteroatoms. The SMILES string of the molecule is CCOC(=O)c1cn(C)c2c(CN(C)C)c(N3CCN(c4ccccc4OC)CC3)c(F)cc2c1=O. The smallest absolute Gasteiger partial charge is 0.343 e. The molecule has 3 aromatic rings. The number of methoxy groups -OCH3 is 1. The van der Waals surface area contributed by atoms with Gasteiger partial charge in [-0.1, -0.05) is 12.1 Å². The van der Waals surface area contributed by atoms with Crippen LogP contribution in [0.2, 0.25) is 0 Å². The van der Waals surface area contributed by atoms with Crippen LogP contribution in [-0.4, -0.2) is 69.4 Å². The van der Waals surface area contributed by atoms with E-state index >= 15 is 4.39 Å². The standard InChI is InChI=1S/C27H33FN4O4/c1-6-36-27(34)20-17-30(4)24-18(26(20)33)15-21(28)25(19(24)16-29(2)3)32-13-11-31(12-14-32)22-9-7-8-10-23(22)35-5/h7-10,15,17H,6,11-14,16H2,1-5H3. The maximum Gasteiger partial charge on any atom is 0.343 e. The number of aromatic nitrogens is 1. The molecule has 1 aliphatic heterocycles. The molecule has 0 unspecified atom stereocenters. The highest BCUT2D eigenvalue weighted by Crippen LogP contribution is 2.34. The molecule has 2 heterocycles. The van der Waals surface area contributed by atoms with Gasteiger partial charge in [-0.05, 0) is 39.2 Å². The van der Waals surface area contributed by atoms with Crippen LogP contribution in [0.25, 0.3) is 10.9 Å². The Morgan fingerprint density at radius 2 is 1.78 bits per heavy atom. The number of hydrogen-bond acceptors (Lipinski definition) is 7. The summed E-state index contributed by atoms with van der Waals surface area (Å²) in [6, 6.07) is 9.15. The van der Waals surface area contributed by atoms with Crippen molar-refractivity contribution in [2.45, 2.75) is 13.5 Å². The monoisotopic (exact) mass is 496 g/mol. The summed E-state index contributed by atoms with van der Waals surface area (Å²) in [4.78, 5) is 31.8. The van der Waals surface area contributed by atoms with E-state index in [4.69, 9.17) is 9.47 Å². The topological polar surface area (TPSA) is 67.2 Å². The number of hydrogen-bond donors (Lipinski definition) is 0. The quantitative estimate of drug-likeness (QED) is 0.465. The van der Waals surface area contributed by atoms with E-state index < -0.39 is 17.2 Å². The fourth-order valence-electron chi connectivity index (χ4n) is 4.94. The van der Waals surface area contributed by atoms with Crippen molar-refractivity contribution in [3.05, 3.63) is 63.7 Å². The van der Waals surface area contributed by atoms with Gasteiger partial charge in [0.15, 0.2) is 0 Å². The Balaban J connectivity index is 1.77. The zero-order chi connectivity index (χ0) is 26.0. The summed E-state index contributed by atoms with van der Waals surface area (Å²) in [6.07, 6.45) is 1.49. The molecule has 36 heavy (non-hydrogen) atoms. The molecule has 0 aliphatic carbocycles. The number of esters is 1. The first-order valence-corrected chi connectivity index (χ1v) is 12.1. The zero-order valence-corrected chi connectivity index (χ0v) is 21.5. The van der Waals surface area contributed by atoms with Crippen LogP contribution < -0.4 is 20.0 Å². The molecule has 2 aromatic carbocycles. The summed E-state index contributed by atoms with van der Waals surface area (Å²) in [6.45, 7) is 4.87. The largest absolute Gasteiger partial charge is 0.495 e. The van der Waals surface area contributed by atoms with Crippen LogP contribution in [0.5, 0.6) is 5.75 Å². The van der Waals surface area contributed by atoms with E-state index in [-0.39, 0.29) is 17.6 Å². The van der Waals surface area contributed by atoms with E-state index in [1.807, 2.05) is 48.2 Å². The summed E-state index contributed by atoms with van der Waals surface area (Å²) < 4.78 is 28.1. The minimum absolute atomic E-state index is 0.0970. The van der Waals surface area contributed by atoms with Gasteiger partial charge < -0.3 is 28.7 Å². The Labute approximate surface area is 210 Å². The van der Waals surface area contributed by atoms with Gasteiger partial charge in [-0.2, -0.15) is 0 Å². The van der Waals surface area contributed by atoms with Crippen LogP contribution in [0.4, 0.5) is 15.8 Å². The van der Waals surface area contributed by atoms with Gasteiger partial charge in [0.05, 0.1) is 30.6 Å². The number of piperazine rings is 1. The number of fused-ring (bicyclic) bond motifs is 1. The van der Waals surface area contributed by atoms with E-state index in [1.165, 1.54) is 12.3 Å². The van der Waals surface area contributed by atoms with Crippen LogP contribution >= 0.6 is 0 Å². The first-order valence-electron chi connectivity index (χ1n) is 12.1. The van der Waals surface area contributed by atoms with Crippen molar-refractivity contribution in [3.8, 4) is 5.75 Å². The van der Waals surface area contributed by atoms with E-state index in [2.05, 4.69) is 4.90 Å². The third-order valence-electron chi connectivity index (χ3n) is 6.48. The molecule has 8 nitrogen and oxygen atoms in total. The summed E-state index contributed by atoms with van der Waals surface area (Å²) in [7, 11) is 7.24. The van der Waals surface area contributed by atoms with Gasteiger partial charge in [0.2, 0.25) is 5.43 Å². The van der Waals surface area contributed by atoms with Crippen LogP contribution in [0.15, 0.2) is 41.3 Å². The van der Waals surface area contributed by atoms with Crippen molar-refractivity contribution in [2.75, 3.05) is 63.8 Å². The van der Waals surface area contributed by atoms with Crippen molar-refractivity contribution < 1.29 is 18.7 Å². The second-order valence-corrected chi connectivity index (χ2v) is 9.17. The number of para-hydroxylation sites is 2. The fraction of sp³-hybridized carbons (Fsp3) is 0.407. The summed E-state index contributed by atoms with van der Waals surface area (Å²) >= 11 is 0. The Hall–Kier alpha value is -3.59. The molecule has 1 aliphatic rings. The van der Waals surface area contributed by atoms with Crippen molar-refractivity contribution in [1.29, 1.82) is 0 Å². The number of pyridine rings is 1. The minimum Gasteiger partial charge on any atom is -0.495 e. The molecule has 1 aromatic heterocycles. The van der Waals surface area contributed by atoms with Crippen molar-refractivity contribution in [2.24, 2.45) is 7.05 Å². The third kappa shape index (κ3) is 4.75. The van der Waals surface area contributed by atoms with Gasteiger partial charge in [-0.3, -0.25) is 4.79 Å². The third-order valence-corrected chi connectivity index (χ3v) is 6.48. The van der Waals surface area contributed by atoms with E-state index in [9.17, 15) is 9.59 Å². The normalized spacial score (nSPS) is 14.0. The number of benzene rings is 2. The van der Waals surface area contributed by atoms with Crippen LogP contribution in [0.3, 0.4) is 0 Å². The molecule has 1 saturated heterocycles. The molecule has 0 N–H and O–H groups in total. The van der Waals surface area contributed by atoms with E-state index in [1.54, 1.807) is 25.6 Å². The summed E-state index contributed by atoms with van der Waals surface area (Å²) in [5, 5.41) is 0.175. The van der Waals surface area contributed by atoms with Crippen molar-refractivity contribution in [1.82, 2.24) is 9.47 Å². The maximum atomic E-state index is 15.8. The average Bonchev–Trinajstić information content (AvgIpc) is 2.86. The molecular formula is C27H33FN4O4. The molecule has 0 bridgehead atoms. The Morgan fingerprint density at radius 1 is 1.11 bits per heavy atom. The number of carbonyl (C=O) groups is 1. The van der Waals surface area contributed by atoms with Gasteiger partial charge in [0.25, 0.3) is 0 Å². The lowest BCUT2D eigenvalue weighted by molar-refractivity contribution is 0.0524. The predicted molar refractivity (Wildman–Crippen MR) is 140 cm³/mol. The Bertz CT molecular complexity index is 1330. The lowest BCUT2D eigenvalue weighted by Crippen LogP contribution is -2.47. The zero-order valence-electron chi connectivity index (χ0n) is 21.5. The molecule has 0 saturated carbocycles. The van der Waals surface area contributed by atoms with Crippen LogP contribution in [0.1, 0.15) is 22.8 Å². The lowest BCUT2D eigenvalue weighted by Gasteiger charge is -2.39. The highest BCUT2D eigenvalue weighted by molar-refractivity contribution is 5.96. The minimum atomic E-state index is -0.703. The van der Waals surface area contributed by atoms with Gasteiger partial charge >= 0.3 is 5.97 Å². The summed E-state index contributed by atoms with van der Waals surface area (Å²) in [5.41, 5.74) is 2.23. The molecular weight excluding hydrogens is 463 g/mol. The van der Waals surface area contributed by atoms with E-state index in [0.29, 0.717) is 43.9 Å². The molecule has 0 spiro atoms. The Morgan fingerprint density at radius 3 is 2.42 bits per heavy atom. The second-order valence-electron chi connectivity index (χ2n) is 9.17. The first kappa shape index (κ1) is 25.5. The highest BCUT2D eigenvalue weighted by atomic mass is 19.1. The first-order chi connectivity index (χ1) is 17.3. The molecule has 0 radical (unpaired) electrons. The lowest BCUT2D eigenvalue weighted by atomic mass is 10.0.